The molecule has 172 valence electrons. The number of nitrogens with zero attached hydrogens (tertiary/aromatic N) is 1. The van der Waals surface area contributed by atoms with E-state index < -0.39 is 23.6 Å². The lowest BCUT2D eigenvalue weighted by atomic mass is 10.1. The molecule has 9 heteroatoms. The molecule has 2 N–H and O–H groups in total. The summed E-state index contributed by atoms with van der Waals surface area (Å²) in [6.45, 7) is 8.07. The Morgan fingerprint density at radius 2 is 1.58 bits per heavy atom. The molecule has 0 radical (unpaired) electrons. The Morgan fingerprint density at radius 1 is 1.00 bits per heavy atom. The Morgan fingerprint density at radius 3 is 2.13 bits per heavy atom. The van der Waals surface area contributed by atoms with E-state index in [0.29, 0.717) is 30.2 Å². The minimum atomic E-state index is -0.888. The van der Waals surface area contributed by atoms with Gasteiger partial charge in [0.15, 0.2) is 11.5 Å². The third-order valence-electron chi connectivity index (χ3n) is 4.78. The van der Waals surface area contributed by atoms with Gasteiger partial charge in [-0.05, 0) is 53.0 Å². The minimum absolute atomic E-state index is 0.191. The Kier molecular flexibility index (Phi) is 8.13. The second kappa shape index (κ2) is 10.4. The number of hydrogen-bond acceptors (Lipinski definition) is 6. The minimum Gasteiger partial charge on any atom is -0.493 e. The van der Waals surface area contributed by atoms with Crippen LogP contribution in [0.25, 0.3) is 0 Å². The SMILES string of the molecule is COc1cc(NC(=O)C(C)NC(=O)OC(C)(C)C)c(C(=O)N2CCCCC2)cc1OC. The fourth-order valence-corrected chi connectivity index (χ4v) is 3.22. The average Bonchev–Trinajstić information content (AvgIpc) is 2.71. The maximum atomic E-state index is 13.2. The molecule has 1 saturated heterocycles. The van der Waals surface area contributed by atoms with E-state index in [-0.39, 0.29) is 11.6 Å². The average molecular weight is 436 g/mol. The van der Waals surface area contributed by atoms with Crippen LogP contribution in [-0.4, -0.2) is 61.8 Å². The summed E-state index contributed by atoms with van der Waals surface area (Å²) in [5.74, 6) is 0.0796. The van der Waals surface area contributed by atoms with Crippen molar-refractivity contribution in [3.05, 3.63) is 17.7 Å². The Labute approximate surface area is 183 Å². The fourth-order valence-electron chi connectivity index (χ4n) is 3.22. The van der Waals surface area contributed by atoms with Crippen LogP contribution in [-0.2, 0) is 9.53 Å². The van der Waals surface area contributed by atoms with Crippen LogP contribution in [0.3, 0.4) is 0 Å². The predicted molar refractivity (Wildman–Crippen MR) is 117 cm³/mol. The van der Waals surface area contributed by atoms with Crippen molar-refractivity contribution in [3.8, 4) is 11.5 Å². The standard InChI is InChI=1S/C22H33N3O6/c1-14(23-21(28)31-22(2,3)4)19(26)24-16-13-18(30-6)17(29-5)12-15(16)20(27)25-10-8-7-9-11-25/h12-14H,7-11H2,1-6H3,(H,23,28)(H,24,26). The Balaban J connectivity index is 2.25. The number of methoxy groups -OCH3 is 2. The molecule has 0 saturated carbocycles. The highest BCUT2D eigenvalue weighted by Crippen LogP contribution is 2.34. The molecule has 1 aliphatic rings. The van der Waals surface area contributed by atoms with Gasteiger partial charge in [0.05, 0.1) is 25.5 Å². The van der Waals surface area contributed by atoms with E-state index >= 15 is 0 Å². The molecule has 0 aromatic heterocycles. The summed E-state index contributed by atoms with van der Waals surface area (Å²) in [4.78, 5) is 39.7. The number of carbonyl (C=O) groups excluding carboxylic acids is 3. The quantitative estimate of drug-likeness (QED) is 0.711. The molecule has 1 aromatic rings. The third kappa shape index (κ3) is 6.77. The zero-order chi connectivity index (χ0) is 23.2. The van der Waals surface area contributed by atoms with Gasteiger partial charge in [-0.1, -0.05) is 0 Å². The van der Waals surface area contributed by atoms with Gasteiger partial charge < -0.3 is 29.7 Å². The topological polar surface area (TPSA) is 106 Å². The van der Waals surface area contributed by atoms with Gasteiger partial charge in [-0.25, -0.2) is 4.79 Å². The molecule has 0 bridgehead atoms. The first kappa shape index (κ1) is 24.3. The van der Waals surface area contributed by atoms with E-state index in [1.165, 1.54) is 21.1 Å². The number of hydrogen-bond donors (Lipinski definition) is 2. The molecular formula is C22H33N3O6. The zero-order valence-corrected chi connectivity index (χ0v) is 19.2. The third-order valence-corrected chi connectivity index (χ3v) is 4.78. The molecule has 1 aromatic carbocycles. The molecule has 0 aliphatic carbocycles. The zero-order valence-electron chi connectivity index (χ0n) is 19.2. The lowest BCUT2D eigenvalue weighted by Gasteiger charge is -2.28. The van der Waals surface area contributed by atoms with Crippen molar-refractivity contribution in [2.75, 3.05) is 32.6 Å². The summed E-state index contributed by atoms with van der Waals surface area (Å²) >= 11 is 0. The maximum absolute atomic E-state index is 13.2. The Bertz CT molecular complexity index is 812. The van der Waals surface area contributed by atoms with Gasteiger partial charge >= 0.3 is 6.09 Å². The number of amides is 3. The number of anilines is 1. The van der Waals surface area contributed by atoms with Crippen molar-refractivity contribution in [1.82, 2.24) is 10.2 Å². The van der Waals surface area contributed by atoms with Crippen LogP contribution >= 0.6 is 0 Å². The first-order valence-corrected chi connectivity index (χ1v) is 10.4. The van der Waals surface area contributed by atoms with Gasteiger partial charge in [0.1, 0.15) is 11.6 Å². The normalized spacial score (nSPS) is 15.0. The lowest BCUT2D eigenvalue weighted by Crippen LogP contribution is -2.44. The van der Waals surface area contributed by atoms with Crippen molar-refractivity contribution in [2.24, 2.45) is 0 Å². The molecule has 9 nitrogen and oxygen atoms in total. The second-order valence-corrected chi connectivity index (χ2v) is 8.46. The van der Waals surface area contributed by atoms with Crippen LogP contribution in [0.2, 0.25) is 0 Å². The molecule has 1 heterocycles. The number of carbonyl (C=O) groups is 3. The summed E-state index contributed by atoms with van der Waals surface area (Å²) in [7, 11) is 2.96. The van der Waals surface area contributed by atoms with Crippen LogP contribution in [0.15, 0.2) is 12.1 Å². The monoisotopic (exact) mass is 435 g/mol. The van der Waals surface area contributed by atoms with Gasteiger partial charge in [0.25, 0.3) is 5.91 Å². The fraction of sp³-hybridized carbons (Fsp3) is 0.591. The number of ether oxygens (including phenoxy) is 3. The number of nitrogens with one attached hydrogen (secondary N) is 2. The highest BCUT2D eigenvalue weighted by molar-refractivity contribution is 6.06. The summed E-state index contributed by atoms with van der Waals surface area (Å²) < 4.78 is 15.9. The van der Waals surface area contributed by atoms with Crippen LogP contribution < -0.4 is 20.1 Å². The molecule has 31 heavy (non-hydrogen) atoms. The molecule has 1 aliphatic heterocycles. The predicted octanol–water partition coefficient (Wildman–Crippen LogP) is 3.18. The van der Waals surface area contributed by atoms with Crippen LogP contribution in [0.1, 0.15) is 57.3 Å². The Hall–Kier alpha value is -2.97. The van der Waals surface area contributed by atoms with Crippen molar-refractivity contribution >= 4 is 23.6 Å². The molecule has 1 unspecified atom stereocenters. The van der Waals surface area contributed by atoms with E-state index in [1.54, 1.807) is 37.8 Å². The molecule has 3 amide bonds. The number of benzene rings is 1. The molecule has 1 atom stereocenters. The van der Waals surface area contributed by atoms with Gasteiger partial charge in [0, 0.05) is 19.2 Å². The van der Waals surface area contributed by atoms with Crippen molar-refractivity contribution < 1.29 is 28.6 Å². The van der Waals surface area contributed by atoms with E-state index in [9.17, 15) is 14.4 Å². The molecule has 2 rings (SSSR count). The van der Waals surface area contributed by atoms with E-state index in [0.717, 1.165) is 19.3 Å². The number of piperidine rings is 1. The van der Waals surface area contributed by atoms with Gasteiger partial charge in [-0.3, -0.25) is 9.59 Å². The van der Waals surface area contributed by atoms with E-state index in [2.05, 4.69) is 10.6 Å². The first-order valence-electron chi connectivity index (χ1n) is 10.4. The van der Waals surface area contributed by atoms with Crippen molar-refractivity contribution in [3.63, 3.8) is 0 Å². The highest BCUT2D eigenvalue weighted by Gasteiger charge is 2.26. The smallest absolute Gasteiger partial charge is 0.408 e. The van der Waals surface area contributed by atoms with Gasteiger partial charge in [0.2, 0.25) is 5.91 Å². The summed E-state index contributed by atoms with van der Waals surface area (Å²) in [5, 5.41) is 5.23. The number of likely N-dealkylation sites (tertiary alicyclic amines) is 1. The first-order chi connectivity index (χ1) is 14.6. The van der Waals surface area contributed by atoms with Gasteiger partial charge in [-0.2, -0.15) is 0 Å². The molecule has 1 fully saturated rings. The number of alkyl carbamates (subject to hydrolysis) is 1. The number of rotatable bonds is 6. The largest absolute Gasteiger partial charge is 0.493 e. The lowest BCUT2D eigenvalue weighted by molar-refractivity contribution is -0.117. The van der Waals surface area contributed by atoms with Crippen molar-refractivity contribution in [1.29, 1.82) is 0 Å². The summed E-state index contributed by atoms with van der Waals surface area (Å²) in [6.07, 6.45) is 2.27. The summed E-state index contributed by atoms with van der Waals surface area (Å²) in [5.41, 5.74) is -0.0917. The van der Waals surface area contributed by atoms with E-state index in [1.807, 2.05) is 0 Å². The van der Waals surface area contributed by atoms with Crippen LogP contribution in [0.5, 0.6) is 11.5 Å². The highest BCUT2D eigenvalue weighted by atomic mass is 16.6. The van der Waals surface area contributed by atoms with Crippen LogP contribution in [0.4, 0.5) is 10.5 Å². The van der Waals surface area contributed by atoms with Gasteiger partial charge in [-0.15, -0.1) is 0 Å². The second-order valence-electron chi connectivity index (χ2n) is 8.46. The van der Waals surface area contributed by atoms with E-state index in [4.69, 9.17) is 14.2 Å². The van der Waals surface area contributed by atoms with Crippen LogP contribution in [0, 0.1) is 0 Å². The molecule has 0 spiro atoms. The maximum Gasteiger partial charge on any atom is 0.408 e. The molecular weight excluding hydrogens is 402 g/mol. The summed E-state index contributed by atoms with van der Waals surface area (Å²) in [6, 6.07) is 2.23. The van der Waals surface area contributed by atoms with Crippen molar-refractivity contribution in [2.45, 2.75) is 58.6 Å².